The van der Waals surface area contributed by atoms with Crippen molar-refractivity contribution in [3.8, 4) is 23.0 Å². The number of carbonyl (C=O) groups excluding carboxylic acids is 1. The van der Waals surface area contributed by atoms with Crippen LogP contribution in [0, 0.1) is 5.82 Å². The fourth-order valence-electron chi connectivity index (χ4n) is 2.79. The zero-order chi connectivity index (χ0) is 20.2. The molecule has 0 spiro atoms. The van der Waals surface area contributed by atoms with E-state index in [0.29, 0.717) is 16.7 Å². The Morgan fingerprint density at radius 3 is 2.66 bits per heavy atom. The predicted molar refractivity (Wildman–Crippen MR) is 107 cm³/mol. The lowest BCUT2D eigenvalue weighted by Crippen LogP contribution is -2.05. The summed E-state index contributed by atoms with van der Waals surface area (Å²) in [4.78, 5) is 12.5. The minimum Gasteiger partial charge on any atom is -0.494 e. The molecule has 4 rings (SSSR count). The van der Waals surface area contributed by atoms with Gasteiger partial charge in [0.05, 0.1) is 19.1 Å². The van der Waals surface area contributed by atoms with E-state index in [9.17, 15) is 9.18 Å². The zero-order valence-electron chi connectivity index (χ0n) is 15.4. The molecule has 29 heavy (non-hydrogen) atoms. The number of nitrogens with zero attached hydrogens (tertiary/aromatic N) is 3. The molecule has 0 N–H and O–H groups in total. The van der Waals surface area contributed by atoms with Crippen molar-refractivity contribution in [2.45, 2.75) is 5.16 Å². The largest absolute Gasteiger partial charge is 0.494 e. The second-order valence-electron chi connectivity index (χ2n) is 6.02. The van der Waals surface area contributed by atoms with Crippen LogP contribution < -0.4 is 4.74 Å². The van der Waals surface area contributed by atoms with E-state index in [-0.39, 0.29) is 22.8 Å². The van der Waals surface area contributed by atoms with Gasteiger partial charge in [-0.25, -0.2) is 4.39 Å². The number of rotatable bonds is 7. The summed E-state index contributed by atoms with van der Waals surface area (Å²) < 4.78 is 26.1. The quantitative estimate of drug-likeness (QED) is 0.327. The van der Waals surface area contributed by atoms with Gasteiger partial charge in [0.2, 0.25) is 5.82 Å². The summed E-state index contributed by atoms with van der Waals surface area (Å²) in [5.74, 6) is 0.480. The summed E-state index contributed by atoms with van der Waals surface area (Å²) >= 11 is 1.22. The maximum absolute atomic E-state index is 13.9. The average molecular weight is 409 g/mol. The SMILES string of the molecule is COc1ccc(C(=O)CSc2nnc(-c3ccco3)n2-c2ccccc2)cc1F. The molecule has 0 atom stereocenters. The number of furan rings is 1. The molecule has 2 aromatic carbocycles. The Balaban J connectivity index is 1.61. The van der Waals surface area contributed by atoms with Crippen LogP contribution >= 0.6 is 11.8 Å². The van der Waals surface area contributed by atoms with E-state index in [0.717, 1.165) is 5.69 Å². The van der Waals surface area contributed by atoms with Gasteiger partial charge in [0, 0.05) is 11.3 Å². The third-order valence-corrected chi connectivity index (χ3v) is 5.12. The number of carbonyl (C=O) groups is 1. The number of halogens is 1. The van der Waals surface area contributed by atoms with Crippen molar-refractivity contribution in [2.24, 2.45) is 0 Å². The van der Waals surface area contributed by atoms with Gasteiger partial charge in [0.1, 0.15) is 0 Å². The molecule has 0 bridgehead atoms. The van der Waals surface area contributed by atoms with Crippen LogP contribution in [0.3, 0.4) is 0 Å². The maximum Gasteiger partial charge on any atom is 0.205 e. The number of thioether (sulfide) groups is 1. The smallest absolute Gasteiger partial charge is 0.205 e. The first kappa shape index (κ1) is 18.9. The Labute approximate surface area is 170 Å². The van der Waals surface area contributed by atoms with E-state index < -0.39 is 5.82 Å². The first-order valence-corrected chi connectivity index (χ1v) is 9.70. The summed E-state index contributed by atoms with van der Waals surface area (Å²) in [5, 5.41) is 8.99. The monoisotopic (exact) mass is 409 g/mol. The van der Waals surface area contributed by atoms with Gasteiger partial charge in [0.25, 0.3) is 0 Å². The fourth-order valence-corrected chi connectivity index (χ4v) is 3.64. The Hall–Kier alpha value is -3.39. The van der Waals surface area contributed by atoms with Gasteiger partial charge in [-0.3, -0.25) is 9.36 Å². The Kier molecular flexibility index (Phi) is 5.44. The maximum atomic E-state index is 13.9. The molecule has 0 aliphatic rings. The molecule has 2 heterocycles. The molecule has 4 aromatic rings. The number of ether oxygens (including phenoxy) is 1. The van der Waals surface area contributed by atoms with Crippen molar-refractivity contribution in [1.82, 2.24) is 14.8 Å². The van der Waals surface area contributed by atoms with Gasteiger partial charge in [-0.15, -0.1) is 10.2 Å². The Morgan fingerprint density at radius 2 is 1.97 bits per heavy atom. The lowest BCUT2D eigenvalue weighted by Gasteiger charge is -2.09. The van der Waals surface area contributed by atoms with E-state index in [1.54, 1.807) is 24.5 Å². The predicted octanol–water partition coefficient (Wildman–Crippen LogP) is 4.65. The number of methoxy groups -OCH3 is 1. The Morgan fingerprint density at radius 1 is 1.14 bits per heavy atom. The van der Waals surface area contributed by atoms with Crippen LogP contribution in [-0.4, -0.2) is 33.4 Å². The van der Waals surface area contributed by atoms with Crippen molar-refractivity contribution >= 4 is 17.5 Å². The van der Waals surface area contributed by atoms with Crippen LogP contribution in [-0.2, 0) is 0 Å². The highest BCUT2D eigenvalue weighted by molar-refractivity contribution is 7.99. The van der Waals surface area contributed by atoms with Crippen LogP contribution in [0.4, 0.5) is 4.39 Å². The molecular weight excluding hydrogens is 393 g/mol. The first-order chi connectivity index (χ1) is 14.2. The number of ketones is 1. The van der Waals surface area contributed by atoms with Crippen molar-refractivity contribution in [2.75, 3.05) is 12.9 Å². The third kappa shape index (κ3) is 3.93. The molecule has 0 aliphatic carbocycles. The molecule has 0 radical (unpaired) electrons. The van der Waals surface area contributed by atoms with Crippen LogP contribution in [0.2, 0.25) is 0 Å². The van der Waals surface area contributed by atoms with Gasteiger partial charge in [-0.2, -0.15) is 0 Å². The highest BCUT2D eigenvalue weighted by Gasteiger charge is 2.19. The lowest BCUT2D eigenvalue weighted by molar-refractivity contribution is 0.102. The molecule has 0 fully saturated rings. The molecule has 0 saturated carbocycles. The van der Waals surface area contributed by atoms with Gasteiger partial charge in [0.15, 0.2) is 28.3 Å². The molecule has 0 saturated heterocycles. The first-order valence-electron chi connectivity index (χ1n) is 8.71. The Bertz CT molecular complexity index is 1130. The van der Waals surface area contributed by atoms with E-state index in [1.807, 2.05) is 34.9 Å². The third-order valence-electron chi connectivity index (χ3n) is 4.20. The summed E-state index contributed by atoms with van der Waals surface area (Å²) in [7, 11) is 1.38. The van der Waals surface area contributed by atoms with Crippen LogP contribution in [0.1, 0.15) is 10.4 Å². The van der Waals surface area contributed by atoms with Crippen molar-refractivity contribution < 1.29 is 18.3 Å². The summed E-state index contributed by atoms with van der Waals surface area (Å²) in [6.45, 7) is 0. The van der Waals surface area contributed by atoms with Crippen LogP contribution in [0.5, 0.6) is 5.75 Å². The lowest BCUT2D eigenvalue weighted by atomic mass is 10.1. The van der Waals surface area contributed by atoms with Crippen molar-refractivity contribution in [1.29, 1.82) is 0 Å². The number of para-hydroxylation sites is 1. The minimum atomic E-state index is -0.573. The molecule has 8 heteroatoms. The summed E-state index contributed by atoms with van der Waals surface area (Å²) in [5.41, 5.74) is 1.11. The van der Waals surface area contributed by atoms with Crippen LogP contribution in [0.25, 0.3) is 17.3 Å². The van der Waals surface area contributed by atoms with E-state index >= 15 is 0 Å². The number of hydrogen-bond donors (Lipinski definition) is 0. The second kappa shape index (κ2) is 8.32. The minimum absolute atomic E-state index is 0.0783. The fraction of sp³-hybridized carbons (Fsp3) is 0.0952. The molecule has 6 nitrogen and oxygen atoms in total. The molecule has 0 amide bonds. The average Bonchev–Trinajstić information content (AvgIpc) is 3.42. The highest BCUT2D eigenvalue weighted by atomic mass is 32.2. The van der Waals surface area contributed by atoms with Gasteiger partial charge >= 0.3 is 0 Å². The molecule has 0 unspecified atom stereocenters. The van der Waals surface area contributed by atoms with Crippen molar-refractivity contribution in [3.63, 3.8) is 0 Å². The zero-order valence-corrected chi connectivity index (χ0v) is 16.2. The molecule has 0 aliphatic heterocycles. The van der Waals surface area contributed by atoms with Crippen molar-refractivity contribution in [3.05, 3.63) is 78.3 Å². The number of Topliss-reactive ketones (excluding diaryl/α,β-unsaturated/α-hetero) is 1. The second-order valence-corrected chi connectivity index (χ2v) is 6.96. The van der Waals surface area contributed by atoms with Gasteiger partial charge < -0.3 is 9.15 Å². The number of benzene rings is 2. The number of aromatic nitrogens is 3. The summed E-state index contributed by atoms with van der Waals surface area (Å²) in [6, 6.07) is 17.3. The molecule has 146 valence electrons. The topological polar surface area (TPSA) is 70.2 Å². The van der Waals surface area contributed by atoms with Crippen LogP contribution in [0.15, 0.2) is 76.5 Å². The normalized spacial score (nSPS) is 10.8. The van der Waals surface area contributed by atoms with Gasteiger partial charge in [-0.1, -0.05) is 30.0 Å². The van der Waals surface area contributed by atoms with E-state index in [2.05, 4.69) is 10.2 Å². The summed E-state index contributed by atoms with van der Waals surface area (Å²) in [6.07, 6.45) is 1.56. The standard InChI is InChI=1S/C21H16FN3O3S/c1-27-18-10-9-14(12-16(18)22)17(26)13-29-21-24-23-20(19-8-5-11-28-19)25(21)15-6-3-2-4-7-15/h2-12H,13H2,1H3. The van der Waals surface area contributed by atoms with Gasteiger partial charge in [-0.05, 0) is 42.5 Å². The number of hydrogen-bond acceptors (Lipinski definition) is 6. The van der Waals surface area contributed by atoms with E-state index in [1.165, 1.54) is 31.0 Å². The molecular formula is C21H16FN3O3S. The molecule has 2 aromatic heterocycles. The highest BCUT2D eigenvalue weighted by Crippen LogP contribution is 2.29. The van der Waals surface area contributed by atoms with E-state index in [4.69, 9.17) is 9.15 Å².